The number of nitrogens with one attached hydrogen (secondary N) is 1. The van der Waals surface area contributed by atoms with Gasteiger partial charge in [-0.15, -0.1) is 11.3 Å². The van der Waals surface area contributed by atoms with Gasteiger partial charge in [-0.05, 0) is 55.6 Å². The average Bonchev–Trinajstić information content (AvgIpc) is 2.91. The van der Waals surface area contributed by atoms with Crippen molar-refractivity contribution < 1.29 is 0 Å². The second-order valence-corrected chi connectivity index (χ2v) is 7.34. The molecule has 1 unspecified atom stereocenters. The third-order valence-electron chi connectivity index (χ3n) is 4.53. The zero-order valence-electron chi connectivity index (χ0n) is 13.1. The molecule has 1 N–H and O–H groups in total. The van der Waals surface area contributed by atoms with Crippen LogP contribution in [0.15, 0.2) is 29.6 Å². The maximum absolute atomic E-state index is 3.68. The first-order valence-corrected chi connectivity index (χ1v) is 9.04. The van der Waals surface area contributed by atoms with Crippen LogP contribution in [0.3, 0.4) is 0 Å². The summed E-state index contributed by atoms with van der Waals surface area (Å²) >= 11 is 1.87. The number of piperidine rings is 1. The quantitative estimate of drug-likeness (QED) is 0.888. The molecular formula is C18H26N2S. The van der Waals surface area contributed by atoms with Crippen molar-refractivity contribution >= 4 is 21.4 Å². The molecule has 0 radical (unpaired) electrons. The van der Waals surface area contributed by atoms with Crippen LogP contribution in [-0.4, -0.2) is 30.1 Å². The van der Waals surface area contributed by atoms with Crippen LogP contribution in [0.25, 0.3) is 10.1 Å². The summed E-state index contributed by atoms with van der Waals surface area (Å²) in [4.78, 5) is 2.62. The molecule has 0 amide bonds. The molecule has 0 bridgehead atoms. The predicted octanol–water partition coefficient (Wildman–Crippen LogP) is 4.25. The van der Waals surface area contributed by atoms with E-state index in [1.54, 1.807) is 0 Å². The van der Waals surface area contributed by atoms with Crippen LogP contribution in [-0.2, 0) is 6.54 Å². The SMILES string of the molecule is CC(C)N(Cc1csc2ccccc12)CC1CCCCN1. The lowest BCUT2D eigenvalue weighted by Crippen LogP contribution is -2.45. The van der Waals surface area contributed by atoms with Crippen molar-refractivity contribution in [1.29, 1.82) is 0 Å². The van der Waals surface area contributed by atoms with Crippen LogP contribution in [0.2, 0.25) is 0 Å². The summed E-state index contributed by atoms with van der Waals surface area (Å²) in [6, 6.07) is 10.0. The van der Waals surface area contributed by atoms with Crippen LogP contribution in [0.1, 0.15) is 38.7 Å². The fraction of sp³-hybridized carbons (Fsp3) is 0.556. The minimum atomic E-state index is 0.590. The molecule has 1 aliphatic heterocycles. The van der Waals surface area contributed by atoms with E-state index in [1.807, 2.05) is 11.3 Å². The highest BCUT2D eigenvalue weighted by molar-refractivity contribution is 7.17. The molecule has 3 heteroatoms. The summed E-state index contributed by atoms with van der Waals surface area (Å²) in [5.74, 6) is 0. The molecule has 2 heterocycles. The van der Waals surface area contributed by atoms with Crippen molar-refractivity contribution in [3.05, 3.63) is 35.2 Å². The first-order chi connectivity index (χ1) is 10.2. The van der Waals surface area contributed by atoms with Gasteiger partial charge in [-0.25, -0.2) is 0 Å². The maximum Gasteiger partial charge on any atom is 0.0346 e. The highest BCUT2D eigenvalue weighted by Crippen LogP contribution is 2.27. The van der Waals surface area contributed by atoms with Crippen molar-refractivity contribution in [2.45, 2.75) is 51.7 Å². The molecule has 2 aromatic rings. The number of rotatable bonds is 5. The Morgan fingerprint density at radius 2 is 2.14 bits per heavy atom. The van der Waals surface area contributed by atoms with Crippen molar-refractivity contribution in [3.8, 4) is 0 Å². The lowest BCUT2D eigenvalue weighted by atomic mass is 10.0. The van der Waals surface area contributed by atoms with E-state index < -0.39 is 0 Å². The zero-order valence-corrected chi connectivity index (χ0v) is 14.0. The van der Waals surface area contributed by atoms with Crippen LogP contribution in [0, 0.1) is 0 Å². The van der Waals surface area contributed by atoms with Crippen LogP contribution in [0.4, 0.5) is 0 Å². The van der Waals surface area contributed by atoms with Gasteiger partial charge in [0.2, 0.25) is 0 Å². The van der Waals surface area contributed by atoms with E-state index in [2.05, 4.69) is 53.7 Å². The van der Waals surface area contributed by atoms with Gasteiger partial charge in [-0.1, -0.05) is 24.6 Å². The Bertz CT molecular complexity index is 569. The van der Waals surface area contributed by atoms with Gasteiger partial charge in [0.05, 0.1) is 0 Å². The summed E-state index contributed by atoms with van der Waals surface area (Å²) in [7, 11) is 0. The third-order valence-corrected chi connectivity index (χ3v) is 5.54. The fourth-order valence-corrected chi connectivity index (χ4v) is 4.15. The Morgan fingerprint density at radius 1 is 1.29 bits per heavy atom. The predicted molar refractivity (Wildman–Crippen MR) is 93.0 cm³/mol. The standard InChI is InChI=1S/C18H26N2S/c1-14(2)20(12-16-7-5-6-10-19-16)11-15-13-21-18-9-4-3-8-17(15)18/h3-4,8-9,13-14,16,19H,5-7,10-12H2,1-2H3. The number of nitrogens with zero attached hydrogens (tertiary/aromatic N) is 1. The Morgan fingerprint density at radius 3 is 2.90 bits per heavy atom. The first kappa shape index (κ1) is 15.0. The topological polar surface area (TPSA) is 15.3 Å². The highest BCUT2D eigenvalue weighted by Gasteiger charge is 2.19. The number of hydrogen-bond donors (Lipinski definition) is 1. The summed E-state index contributed by atoms with van der Waals surface area (Å²) in [5, 5.41) is 7.46. The van der Waals surface area contributed by atoms with Gasteiger partial charge in [0, 0.05) is 29.9 Å². The van der Waals surface area contributed by atoms with Crippen molar-refractivity contribution in [3.63, 3.8) is 0 Å². The van der Waals surface area contributed by atoms with Gasteiger partial charge in [-0.3, -0.25) is 4.90 Å². The molecule has 0 saturated carbocycles. The Balaban J connectivity index is 1.72. The molecule has 1 saturated heterocycles. The zero-order chi connectivity index (χ0) is 14.7. The van der Waals surface area contributed by atoms with Crippen LogP contribution >= 0.6 is 11.3 Å². The summed E-state index contributed by atoms with van der Waals surface area (Å²) in [6.45, 7) is 8.06. The summed E-state index contributed by atoms with van der Waals surface area (Å²) in [6.07, 6.45) is 4.05. The minimum Gasteiger partial charge on any atom is -0.313 e. The van der Waals surface area contributed by atoms with Gasteiger partial charge in [0.15, 0.2) is 0 Å². The largest absolute Gasteiger partial charge is 0.313 e. The molecule has 1 aromatic heterocycles. The number of benzene rings is 1. The molecule has 0 aliphatic carbocycles. The molecule has 1 aliphatic rings. The lowest BCUT2D eigenvalue weighted by molar-refractivity contribution is 0.178. The summed E-state index contributed by atoms with van der Waals surface area (Å²) < 4.78 is 1.41. The van der Waals surface area contributed by atoms with Crippen LogP contribution in [0.5, 0.6) is 0 Å². The molecular weight excluding hydrogens is 276 g/mol. The van der Waals surface area contributed by atoms with E-state index >= 15 is 0 Å². The molecule has 0 spiro atoms. The second-order valence-electron chi connectivity index (χ2n) is 6.43. The van der Waals surface area contributed by atoms with Crippen molar-refractivity contribution in [1.82, 2.24) is 10.2 Å². The first-order valence-electron chi connectivity index (χ1n) is 8.16. The van der Waals surface area contributed by atoms with Crippen molar-refractivity contribution in [2.24, 2.45) is 0 Å². The Labute approximate surface area is 132 Å². The fourth-order valence-electron chi connectivity index (χ4n) is 3.19. The third kappa shape index (κ3) is 3.65. The van der Waals surface area contributed by atoms with Gasteiger partial charge >= 0.3 is 0 Å². The average molecular weight is 302 g/mol. The highest BCUT2D eigenvalue weighted by atomic mass is 32.1. The number of fused-ring (bicyclic) bond motifs is 1. The summed E-state index contributed by atoms with van der Waals surface area (Å²) in [5.41, 5.74) is 1.49. The second kappa shape index (κ2) is 6.91. The van der Waals surface area contributed by atoms with Gasteiger partial charge in [0.25, 0.3) is 0 Å². The van der Waals surface area contributed by atoms with E-state index in [0.29, 0.717) is 12.1 Å². The minimum absolute atomic E-state index is 0.590. The normalized spacial score (nSPS) is 19.7. The molecule has 114 valence electrons. The molecule has 2 nitrogen and oxygen atoms in total. The van der Waals surface area contributed by atoms with E-state index in [4.69, 9.17) is 0 Å². The Hall–Kier alpha value is -0.900. The van der Waals surface area contributed by atoms with E-state index in [9.17, 15) is 0 Å². The number of thiophene rings is 1. The monoisotopic (exact) mass is 302 g/mol. The lowest BCUT2D eigenvalue weighted by Gasteiger charge is -2.33. The van der Waals surface area contributed by atoms with E-state index in [-0.39, 0.29) is 0 Å². The molecule has 21 heavy (non-hydrogen) atoms. The van der Waals surface area contributed by atoms with Gasteiger partial charge < -0.3 is 5.32 Å². The number of hydrogen-bond acceptors (Lipinski definition) is 3. The van der Waals surface area contributed by atoms with E-state index in [0.717, 1.165) is 6.54 Å². The molecule has 3 rings (SSSR count). The van der Waals surface area contributed by atoms with Crippen molar-refractivity contribution in [2.75, 3.05) is 13.1 Å². The van der Waals surface area contributed by atoms with Gasteiger partial charge in [0.1, 0.15) is 0 Å². The van der Waals surface area contributed by atoms with E-state index in [1.165, 1.54) is 48.0 Å². The van der Waals surface area contributed by atoms with Gasteiger partial charge in [-0.2, -0.15) is 0 Å². The molecule has 1 atom stereocenters. The molecule has 1 aromatic carbocycles. The molecule has 1 fully saturated rings. The Kier molecular flexibility index (Phi) is 4.94. The maximum atomic E-state index is 3.68. The van der Waals surface area contributed by atoms with Crippen LogP contribution < -0.4 is 5.32 Å². The smallest absolute Gasteiger partial charge is 0.0346 e.